The van der Waals surface area contributed by atoms with Crippen LogP contribution in [0, 0.1) is 5.82 Å². The lowest BCUT2D eigenvalue weighted by molar-refractivity contribution is 0.0935. The molecule has 6 nitrogen and oxygen atoms in total. The minimum atomic E-state index is -0.522. The molecule has 31 heavy (non-hydrogen) atoms. The fraction of sp³-hybridized carbons (Fsp3) is 0.125. The van der Waals surface area contributed by atoms with Gasteiger partial charge in [-0.25, -0.2) is 4.39 Å². The van der Waals surface area contributed by atoms with Crippen molar-refractivity contribution in [2.75, 3.05) is 0 Å². The maximum atomic E-state index is 13.2. The third kappa shape index (κ3) is 4.30. The molecule has 7 heteroatoms. The van der Waals surface area contributed by atoms with Crippen LogP contribution in [0.2, 0.25) is 0 Å². The Morgan fingerprint density at radius 1 is 1.06 bits per heavy atom. The molecule has 3 N–H and O–H groups in total. The second kappa shape index (κ2) is 8.39. The zero-order valence-electron chi connectivity index (χ0n) is 16.9. The fourth-order valence-electron chi connectivity index (χ4n) is 3.49. The molecule has 0 radical (unpaired) electrons. The standard InChI is InChI=1S/C24H21FN4O2/c1-15(17-5-4-6-18(13-17)23(26)30)27-24(31)22-20-7-2-3-8-21(20)29(28-22)14-16-9-11-19(25)12-10-16/h2-13,15H,14H2,1H3,(H2,26,30)(H,27,31)/t15-/m0/s1. The Kier molecular flexibility index (Phi) is 5.49. The Morgan fingerprint density at radius 2 is 1.81 bits per heavy atom. The van der Waals surface area contributed by atoms with Crippen molar-refractivity contribution in [2.45, 2.75) is 19.5 Å². The second-order valence-electron chi connectivity index (χ2n) is 7.33. The Hall–Kier alpha value is -4.00. The molecule has 0 aliphatic carbocycles. The zero-order chi connectivity index (χ0) is 22.0. The molecule has 1 heterocycles. The number of amides is 2. The molecule has 3 aromatic carbocycles. The minimum Gasteiger partial charge on any atom is -0.366 e. The normalized spacial score (nSPS) is 11.9. The highest BCUT2D eigenvalue weighted by molar-refractivity contribution is 6.05. The first-order valence-electron chi connectivity index (χ1n) is 9.83. The molecule has 0 fully saturated rings. The molecule has 4 rings (SSSR count). The summed E-state index contributed by atoms with van der Waals surface area (Å²) in [6.07, 6.45) is 0. The van der Waals surface area contributed by atoms with Gasteiger partial charge in [-0.1, -0.05) is 42.5 Å². The van der Waals surface area contributed by atoms with Gasteiger partial charge in [0, 0.05) is 10.9 Å². The second-order valence-corrected chi connectivity index (χ2v) is 7.33. The molecule has 1 atom stereocenters. The molecule has 1 aromatic heterocycles. The number of benzene rings is 3. The lowest BCUT2D eigenvalue weighted by Crippen LogP contribution is -2.27. The topological polar surface area (TPSA) is 90.0 Å². The van der Waals surface area contributed by atoms with Crippen molar-refractivity contribution >= 4 is 22.7 Å². The summed E-state index contributed by atoms with van der Waals surface area (Å²) < 4.78 is 14.9. The molecule has 0 aliphatic heterocycles. The van der Waals surface area contributed by atoms with Crippen LogP contribution in [-0.2, 0) is 6.54 Å². The van der Waals surface area contributed by atoms with Crippen LogP contribution in [0.3, 0.4) is 0 Å². The first kappa shape index (κ1) is 20.3. The van der Waals surface area contributed by atoms with Crippen molar-refractivity contribution in [1.29, 1.82) is 0 Å². The first-order chi connectivity index (χ1) is 14.9. The van der Waals surface area contributed by atoms with E-state index in [0.717, 1.165) is 22.0 Å². The van der Waals surface area contributed by atoms with Crippen molar-refractivity contribution in [3.63, 3.8) is 0 Å². The van der Waals surface area contributed by atoms with Crippen molar-refractivity contribution in [3.8, 4) is 0 Å². The van der Waals surface area contributed by atoms with E-state index >= 15 is 0 Å². The van der Waals surface area contributed by atoms with Gasteiger partial charge in [0.25, 0.3) is 5.91 Å². The van der Waals surface area contributed by atoms with Crippen LogP contribution in [0.4, 0.5) is 4.39 Å². The number of hydrogen-bond donors (Lipinski definition) is 2. The zero-order valence-corrected chi connectivity index (χ0v) is 16.9. The van der Waals surface area contributed by atoms with E-state index in [0.29, 0.717) is 17.8 Å². The first-order valence-corrected chi connectivity index (χ1v) is 9.83. The maximum absolute atomic E-state index is 13.2. The number of rotatable bonds is 6. The summed E-state index contributed by atoms with van der Waals surface area (Å²) in [5, 5.41) is 8.20. The summed E-state index contributed by atoms with van der Waals surface area (Å²) >= 11 is 0. The lowest BCUT2D eigenvalue weighted by atomic mass is 10.0. The van der Waals surface area contributed by atoms with E-state index in [9.17, 15) is 14.0 Å². The number of aromatic nitrogens is 2. The van der Waals surface area contributed by atoms with Crippen LogP contribution in [0.5, 0.6) is 0 Å². The Labute approximate surface area is 178 Å². The van der Waals surface area contributed by atoms with Gasteiger partial charge in [0.2, 0.25) is 5.91 Å². The minimum absolute atomic E-state index is 0.301. The van der Waals surface area contributed by atoms with E-state index < -0.39 is 5.91 Å². The van der Waals surface area contributed by atoms with E-state index in [1.165, 1.54) is 12.1 Å². The highest BCUT2D eigenvalue weighted by atomic mass is 19.1. The molecule has 0 saturated carbocycles. The van der Waals surface area contributed by atoms with E-state index in [1.807, 2.05) is 37.3 Å². The highest BCUT2D eigenvalue weighted by Crippen LogP contribution is 2.21. The van der Waals surface area contributed by atoms with E-state index in [4.69, 9.17) is 5.73 Å². The molecule has 0 unspecified atom stereocenters. The monoisotopic (exact) mass is 416 g/mol. The predicted molar refractivity (Wildman–Crippen MR) is 116 cm³/mol. The van der Waals surface area contributed by atoms with Gasteiger partial charge in [-0.05, 0) is 48.4 Å². The van der Waals surface area contributed by atoms with E-state index in [2.05, 4.69) is 10.4 Å². The van der Waals surface area contributed by atoms with E-state index in [1.54, 1.807) is 35.0 Å². The molecule has 4 aromatic rings. The third-order valence-electron chi connectivity index (χ3n) is 5.14. The number of carbonyl (C=O) groups excluding carboxylic acids is 2. The number of nitrogens with one attached hydrogen (secondary N) is 1. The number of primary amides is 1. The number of carbonyl (C=O) groups is 2. The van der Waals surface area contributed by atoms with Crippen LogP contribution in [0.25, 0.3) is 10.9 Å². The van der Waals surface area contributed by atoms with Gasteiger partial charge >= 0.3 is 0 Å². The summed E-state index contributed by atoms with van der Waals surface area (Å²) in [6, 6.07) is 20.1. The van der Waals surface area contributed by atoms with Crippen LogP contribution in [0.1, 0.15) is 44.9 Å². The van der Waals surface area contributed by atoms with Crippen molar-refractivity contribution in [3.05, 3.63) is 101 Å². The summed E-state index contributed by atoms with van der Waals surface area (Å²) in [6.45, 7) is 2.24. The van der Waals surface area contributed by atoms with Gasteiger partial charge in [-0.15, -0.1) is 0 Å². The average molecular weight is 416 g/mol. The predicted octanol–water partition coefficient (Wildman–Crippen LogP) is 3.81. The molecular formula is C24H21FN4O2. The fourth-order valence-corrected chi connectivity index (χ4v) is 3.49. The number of nitrogens with two attached hydrogens (primary N) is 1. The molecule has 156 valence electrons. The molecule has 0 bridgehead atoms. The Balaban J connectivity index is 1.61. The number of para-hydroxylation sites is 1. The lowest BCUT2D eigenvalue weighted by Gasteiger charge is -2.14. The van der Waals surface area contributed by atoms with Gasteiger partial charge in [0.1, 0.15) is 5.82 Å². The summed E-state index contributed by atoms with van der Waals surface area (Å²) in [4.78, 5) is 24.5. The van der Waals surface area contributed by atoms with Gasteiger partial charge in [-0.2, -0.15) is 5.10 Å². The van der Waals surface area contributed by atoms with E-state index in [-0.39, 0.29) is 17.8 Å². The summed E-state index contributed by atoms with van der Waals surface area (Å²) in [5.74, 6) is -1.15. The van der Waals surface area contributed by atoms with Gasteiger partial charge in [0.05, 0.1) is 18.1 Å². The molecule has 0 aliphatic rings. The number of halogens is 1. The molecule has 2 amide bonds. The summed E-state index contributed by atoms with van der Waals surface area (Å²) in [7, 11) is 0. The third-order valence-corrected chi connectivity index (χ3v) is 5.14. The Morgan fingerprint density at radius 3 is 2.55 bits per heavy atom. The van der Waals surface area contributed by atoms with Crippen LogP contribution < -0.4 is 11.1 Å². The quantitative estimate of drug-likeness (QED) is 0.501. The van der Waals surface area contributed by atoms with Crippen LogP contribution in [-0.4, -0.2) is 21.6 Å². The number of fused-ring (bicyclic) bond motifs is 1. The average Bonchev–Trinajstić information content (AvgIpc) is 3.14. The largest absolute Gasteiger partial charge is 0.366 e. The summed E-state index contributed by atoms with van der Waals surface area (Å²) in [5.41, 5.74) is 8.48. The number of nitrogens with zero attached hydrogens (tertiary/aromatic N) is 2. The van der Waals surface area contributed by atoms with Crippen molar-refractivity contribution in [2.24, 2.45) is 5.73 Å². The Bertz CT molecular complexity index is 1260. The van der Waals surface area contributed by atoms with Crippen LogP contribution in [0.15, 0.2) is 72.8 Å². The smallest absolute Gasteiger partial charge is 0.272 e. The highest BCUT2D eigenvalue weighted by Gasteiger charge is 2.19. The van der Waals surface area contributed by atoms with Crippen LogP contribution >= 0.6 is 0 Å². The number of hydrogen-bond acceptors (Lipinski definition) is 3. The van der Waals surface area contributed by atoms with Crippen molar-refractivity contribution < 1.29 is 14.0 Å². The van der Waals surface area contributed by atoms with Gasteiger partial charge < -0.3 is 11.1 Å². The molecule has 0 spiro atoms. The van der Waals surface area contributed by atoms with Crippen molar-refractivity contribution in [1.82, 2.24) is 15.1 Å². The van der Waals surface area contributed by atoms with Gasteiger partial charge in [-0.3, -0.25) is 14.3 Å². The SMILES string of the molecule is C[C@H](NC(=O)c1nn(Cc2ccc(F)cc2)c2ccccc12)c1cccc(C(N)=O)c1. The molecule has 0 saturated heterocycles. The van der Waals surface area contributed by atoms with Gasteiger partial charge in [0.15, 0.2) is 5.69 Å². The maximum Gasteiger partial charge on any atom is 0.272 e. The molecular weight excluding hydrogens is 395 g/mol.